The first-order valence-electron chi connectivity index (χ1n) is 3.48. The minimum absolute atomic E-state index is 0.296. The minimum Gasteiger partial charge on any atom is -0.463 e. The maximum absolute atomic E-state index is 10.9. The van der Waals surface area contributed by atoms with E-state index in [-0.39, 0.29) is 5.97 Å². The van der Waals surface area contributed by atoms with Gasteiger partial charge in [0.05, 0.1) is 12.2 Å². The predicted molar refractivity (Wildman–Crippen MR) is 42.6 cm³/mol. The number of carbonyl (C=O) groups is 1. The molecule has 64 valence electrons. The Morgan fingerprint density at radius 3 is 2.73 bits per heavy atom. The van der Waals surface area contributed by atoms with Gasteiger partial charge in [0.15, 0.2) is 0 Å². The molecular weight excluding hydrogens is 144 g/mol. The zero-order valence-corrected chi connectivity index (χ0v) is 7.10. The smallest absolute Gasteiger partial charge is 0.335 e. The van der Waals surface area contributed by atoms with E-state index in [1.165, 1.54) is 0 Å². The van der Waals surface area contributed by atoms with E-state index in [0.29, 0.717) is 12.2 Å². The highest BCUT2D eigenvalue weighted by Crippen LogP contribution is 1.93. The fourth-order valence-corrected chi connectivity index (χ4v) is 0.484. The largest absolute Gasteiger partial charge is 0.463 e. The van der Waals surface area contributed by atoms with Crippen molar-refractivity contribution in [1.29, 1.82) is 0 Å². The molecule has 0 bridgehead atoms. The minimum atomic E-state index is -0.296. The molecule has 0 aliphatic rings. The van der Waals surface area contributed by atoms with E-state index in [2.05, 4.69) is 10.9 Å². The topological polar surface area (TPSA) is 50.4 Å². The number of carbonyl (C=O) groups excluding carboxylic acids is 1. The maximum Gasteiger partial charge on any atom is 0.335 e. The van der Waals surface area contributed by atoms with Crippen LogP contribution in [0.1, 0.15) is 13.8 Å². The summed E-state index contributed by atoms with van der Waals surface area (Å²) in [6.45, 7) is 3.86. The monoisotopic (exact) mass is 158 g/mol. The van der Waals surface area contributed by atoms with E-state index in [9.17, 15) is 4.79 Å². The molecule has 0 rings (SSSR count). The normalized spacial score (nSPS) is 11.0. The first-order chi connectivity index (χ1) is 5.22. The van der Waals surface area contributed by atoms with Crippen LogP contribution >= 0.6 is 0 Å². The van der Waals surface area contributed by atoms with Gasteiger partial charge in [0, 0.05) is 13.2 Å². The third-order valence-electron chi connectivity index (χ3n) is 1.03. The van der Waals surface area contributed by atoms with Crippen molar-refractivity contribution >= 4 is 5.97 Å². The van der Waals surface area contributed by atoms with Gasteiger partial charge in [-0.3, -0.25) is 0 Å². The van der Waals surface area contributed by atoms with Gasteiger partial charge in [-0.1, -0.05) is 0 Å². The Labute approximate surface area is 66.6 Å². The fourth-order valence-electron chi connectivity index (χ4n) is 0.484. The van der Waals surface area contributed by atoms with Crippen LogP contribution in [0.5, 0.6) is 0 Å². The van der Waals surface area contributed by atoms with Gasteiger partial charge in [0.25, 0.3) is 0 Å². The molecule has 11 heavy (non-hydrogen) atoms. The van der Waals surface area contributed by atoms with Gasteiger partial charge in [0.2, 0.25) is 0 Å². The number of hydrazine groups is 1. The Bertz CT molecular complexity index is 155. The Morgan fingerprint density at radius 1 is 1.64 bits per heavy atom. The van der Waals surface area contributed by atoms with Crippen LogP contribution in [0.3, 0.4) is 0 Å². The number of hydrogen-bond donors (Lipinski definition) is 2. The van der Waals surface area contributed by atoms with Crippen molar-refractivity contribution in [1.82, 2.24) is 10.9 Å². The summed E-state index contributed by atoms with van der Waals surface area (Å²) in [5.41, 5.74) is 5.88. The zero-order chi connectivity index (χ0) is 8.69. The van der Waals surface area contributed by atoms with E-state index in [0.717, 1.165) is 0 Å². The van der Waals surface area contributed by atoms with Crippen LogP contribution in [0.2, 0.25) is 0 Å². The molecule has 0 aliphatic heterocycles. The van der Waals surface area contributed by atoms with Crippen LogP contribution in [0, 0.1) is 0 Å². The Morgan fingerprint density at radius 2 is 2.27 bits per heavy atom. The Balaban J connectivity index is 3.80. The highest BCUT2D eigenvalue weighted by atomic mass is 16.5. The summed E-state index contributed by atoms with van der Waals surface area (Å²) in [5, 5.41) is 0. The fraction of sp³-hybridized carbons (Fsp3) is 0.571. The molecule has 0 saturated carbocycles. The predicted octanol–water partition coefficient (Wildman–Crippen LogP) is 0.177. The zero-order valence-electron chi connectivity index (χ0n) is 7.10. The first-order valence-corrected chi connectivity index (χ1v) is 3.48. The molecule has 4 nitrogen and oxygen atoms in total. The summed E-state index contributed by atoms with van der Waals surface area (Å²) in [7, 11) is 1.72. The third-order valence-corrected chi connectivity index (χ3v) is 1.03. The van der Waals surface area contributed by atoms with Crippen molar-refractivity contribution in [2.24, 2.45) is 0 Å². The molecule has 0 aromatic carbocycles. The van der Waals surface area contributed by atoms with E-state index >= 15 is 0 Å². The summed E-state index contributed by atoms with van der Waals surface area (Å²) in [6, 6.07) is 0. The molecule has 0 aromatic heterocycles. The van der Waals surface area contributed by atoms with Crippen molar-refractivity contribution in [2.75, 3.05) is 13.7 Å². The highest BCUT2D eigenvalue weighted by Gasteiger charge is 2.02. The van der Waals surface area contributed by atoms with Gasteiger partial charge in [0.1, 0.15) is 0 Å². The average Bonchev–Trinajstić information content (AvgIpc) is 2.00. The third kappa shape index (κ3) is 4.38. The molecule has 2 N–H and O–H groups in total. The van der Waals surface area contributed by atoms with Gasteiger partial charge in [-0.25, -0.2) is 10.2 Å². The van der Waals surface area contributed by atoms with Crippen LogP contribution < -0.4 is 10.9 Å². The van der Waals surface area contributed by atoms with Gasteiger partial charge in [-0.05, 0) is 13.8 Å². The van der Waals surface area contributed by atoms with E-state index in [4.69, 9.17) is 4.74 Å². The second-order valence-electron chi connectivity index (χ2n) is 1.94. The van der Waals surface area contributed by atoms with Crippen molar-refractivity contribution in [2.45, 2.75) is 13.8 Å². The lowest BCUT2D eigenvalue weighted by molar-refractivity contribution is -0.138. The molecule has 0 fully saturated rings. The quantitative estimate of drug-likeness (QED) is 0.348. The van der Waals surface area contributed by atoms with Gasteiger partial charge >= 0.3 is 5.97 Å². The molecular formula is C7H14N2O2. The van der Waals surface area contributed by atoms with Crippen LogP contribution in [-0.4, -0.2) is 19.6 Å². The Kier molecular flexibility index (Phi) is 5.20. The number of ether oxygens (including phenoxy) is 1. The summed E-state index contributed by atoms with van der Waals surface area (Å²) in [4.78, 5) is 10.9. The average molecular weight is 158 g/mol. The molecule has 0 atom stereocenters. The number of hydrogen-bond acceptors (Lipinski definition) is 4. The van der Waals surface area contributed by atoms with Crippen molar-refractivity contribution < 1.29 is 9.53 Å². The molecule has 0 spiro atoms. The molecule has 0 unspecified atom stereocenters. The standard InChI is InChI=1S/C7H14N2O2/c1-4-11-7(10)6(2)5-9-8-3/h5,8-9H,4H2,1-3H3. The first kappa shape index (κ1) is 9.97. The molecule has 0 aliphatic carbocycles. The van der Waals surface area contributed by atoms with Gasteiger partial charge in [-0.15, -0.1) is 0 Å². The van der Waals surface area contributed by atoms with Crippen LogP contribution in [0.15, 0.2) is 11.8 Å². The molecule has 0 amide bonds. The maximum atomic E-state index is 10.9. The van der Waals surface area contributed by atoms with Crippen molar-refractivity contribution in [3.05, 3.63) is 11.8 Å². The molecule has 0 heterocycles. The highest BCUT2D eigenvalue weighted by molar-refractivity contribution is 5.87. The van der Waals surface area contributed by atoms with E-state index in [1.54, 1.807) is 27.1 Å². The summed E-state index contributed by atoms with van der Waals surface area (Å²) in [6.07, 6.45) is 1.55. The van der Waals surface area contributed by atoms with E-state index < -0.39 is 0 Å². The summed E-state index contributed by atoms with van der Waals surface area (Å²) in [5.74, 6) is -0.296. The van der Waals surface area contributed by atoms with Crippen LogP contribution in [-0.2, 0) is 9.53 Å². The van der Waals surface area contributed by atoms with Crippen LogP contribution in [0.4, 0.5) is 0 Å². The number of esters is 1. The van der Waals surface area contributed by atoms with Crippen LogP contribution in [0.25, 0.3) is 0 Å². The second kappa shape index (κ2) is 5.73. The molecule has 4 heteroatoms. The summed E-state index contributed by atoms with van der Waals surface area (Å²) < 4.78 is 4.73. The molecule has 0 radical (unpaired) electrons. The second-order valence-corrected chi connectivity index (χ2v) is 1.94. The SMILES string of the molecule is CCOC(=O)C(C)=CNNC. The summed E-state index contributed by atoms with van der Waals surface area (Å²) >= 11 is 0. The molecule has 0 aromatic rings. The molecule has 0 saturated heterocycles. The van der Waals surface area contributed by atoms with Gasteiger partial charge in [-0.2, -0.15) is 0 Å². The lowest BCUT2D eigenvalue weighted by Crippen LogP contribution is -2.22. The lowest BCUT2D eigenvalue weighted by Gasteiger charge is -2.01. The lowest BCUT2D eigenvalue weighted by atomic mass is 10.3. The van der Waals surface area contributed by atoms with E-state index in [1.807, 2.05) is 0 Å². The van der Waals surface area contributed by atoms with Crippen molar-refractivity contribution in [3.8, 4) is 0 Å². The van der Waals surface area contributed by atoms with Gasteiger partial charge < -0.3 is 10.2 Å². The number of nitrogens with one attached hydrogen (secondary N) is 2. The number of rotatable bonds is 4. The van der Waals surface area contributed by atoms with Crippen molar-refractivity contribution in [3.63, 3.8) is 0 Å². The Hall–Kier alpha value is -1.03.